The second-order valence-electron chi connectivity index (χ2n) is 18.5. The quantitative estimate of drug-likeness (QED) is 0.0197. The molecule has 0 heterocycles. The molecule has 8 nitrogen and oxygen atoms in total. The molecule has 0 aliphatic rings. The first-order valence-corrected chi connectivity index (χ1v) is 27.3. The van der Waals surface area contributed by atoms with Gasteiger partial charge in [-0.25, -0.2) is 0 Å². The number of carbonyl (C=O) groups excluding carboxylic acids is 1. The lowest BCUT2D eigenvalue weighted by molar-refractivity contribution is -0.870. The highest BCUT2D eigenvalue weighted by molar-refractivity contribution is 7.45. The fourth-order valence-electron chi connectivity index (χ4n) is 7.19. The van der Waals surface area contributed by atoms with Crippen molar-refractivity contribution in [2.45, 2.75) is 232 Å². The Hall–Kier alpha value is -1.54. The first-order chi connectivity index (χ1) is 30.1. The van der Waals surface area contributed by atoms with Gasteiger partial charge >= 0.3 is 5.97 Å². The third-order valence-electron chi connectivity index (χ3n) is 11.1. The Morgan fingerprint density at radius 3 is 1.37 bits per heavy atom. The minimum absolute atomic E-state index is 0.0180. The predicted molar refractivity (Wildman–Crippen MR) is 263 cm³/mol. The Kier molecular flexibility index (Phi) is 44.9. The number of allylic oxidation sites excluding steroid dienone is 8. The van der Waals surface area contributed by atoms with Crippen molar-refractivity contribution in [1.82, 2.24) is 0 Å². The van der Waals surface area contributed by atoms with Crippen LogP contribution in [0.4, 0.5) is 0 Å². The summed E-state index contributed by atoms with van der Waals surface area (Å²) in [5.41, 5.74) is 0. The van der Waals surface area contributed by atoms with Crippen LogP contribution in [0.15, 0.2) is 48.6 Å². The Labute approximate surface area is 384 Å². The van der Waals surface area contributed by atoms with Crippen molar-refractivity contribution in [3.8, 4) is 0 Å². The predicted octanol–water partition coefficient (Wildman–Crippen LogP) is 15.3. The van der Waals surface area contributed by atoms with Gasteiger partial charge in [-0.2, -0.15) is 0 Å². The van der Waals surface area contributed by atoms with Crippen LogP contribution in [-0.2, 0) is 27.9 Å². The number of phosphoric acid groups is 1. The number of phosphoric ester groups is 1. The fourth-order valence-corrected chi connectivity index (χ4v) is 7.91. The molecule has 0 bridgehead atoms. The lowest BCUT2D eigenvalue weighted by Gasteiger charge is -2.28. The number of likely N-dealkylation sites (N-methyl/N-ethyl adjacent to an activating group) is 1. The van der Waals surface area contributed by atoms with E-state index in [1.54, 1.807) is 0 Å². The molecule has 0 saturated heterocycles. The normalized spacial score (nSPS) is 14.0. The molecule has 0 saturated carbocycles. The Morgan fingerprint density at radius 1 is 0.516 bits per heavy atom. The molecule has 0 aromatic carbocycles. The van der Waals surface area contributed by atoms with Gasteiger partial charge in [0, 0.05) is 13.0 Å². The van der Waals surface area contributed by atoms with Crippen LogP contribution >= 0.6 is 7.82 Å². The highest BCUT2D eigenvalue weighted by atomic mass is 31.2. The summed E-state index contributed by atoms with van der Waals surface area (Å²) in [5.74, 6) is -0.371. The van der Waals surface area contributed by atoms with Gasteiger partial charge in [0.25, 0.3) is 7.82 Å². The summed E-state index contributed by atoms with van der Waals surface area (Å²) in [6, 6.07) is 0. The molecule has 62 heavy (non-hydrogen) atoms. The monoisotopic (exact) mass is 894 g/mol. The van der Waals surface area contributed by atoms with Gasteiger partial charge in [0.15, 0.2) is 0 Å². The molecule has 0 spiro atoms. The van der Waals surface area contributed by atoms with Crippen LogP contribution in [0.1, 0.15) is 226 Å². The van der Waals surface area contributed by atoms with E-state index >= 15 is 0 Å². The summed E-state index contributed by atoms with van der Waals surface area (Å²) in [5, 5.41) is 0. The van der Waals surface area contributed by atoms with Crippen molar-refractivity contribution < 1.29 is 37.3 Å². The summed E-state index contributed by atoms with van der Waals surface area (Å²) < 4.78 is 34.7. The summed E-state index contributed by atoms with van der Waals surface area (Å²) in [7, 11) is 1.33. The molecular formula is C53H100NO7P. The fraction of sp³-hybridized carbons (Fsp3) is 0.830. The van der Waals surface area contributed by atoms with E-state index in [4.69, 9.17) is 18.5 Å². The number of unbranched alkanes of at least 4 members (excludes halogenated alkanes) is 26. The van der Waals surface area contributed by atoms with E-state index in [0.717, 1.165) is 51.4 Å². The molecule has 0 N–H and O–H groups in total. The number of rotatable bonds is 48. The number of hydrogen-bond acceptors (Lipinski definition) is 7. The molecule has 364 valence electrons. The first-order valence-electron chi connectivity index (χ1n) is 25.9. The number of nitrogens with zero attached hydrogens (tertiary/aromatic N) is 1. The first kappa shape index (κ1) is 60.5. The van der Waals surface area contributed by atoms with Crippen molar-refractivity contribution in [3.05, 3.63) is 48.6 Å². The molecule has 0 aliphatic carbocycles. The van der Waals surface area contributed by atoms with Gasteiger partial charge in [-0.05, 0) is 51.4 Å². The number of carbonyl (C=O) groups is 1. The Balaban J connectivity index is 4.08. The third kappa shape index (κ3) is 49.5. The van der Waals surface area contributed by atoms with Crippen molar-refractivity contribution in [3.63, 3.8) is 0 Å². The van der Waals surface area contributed by atoms with E-state index in [0.29, 0.717) is 24.1 Å². The summed E-state index contributed by atoms with van der Waals surface area (Å²) in [6.45, 7) is 5.27. The molecule has 0 aliphatic heterocycles. The average molecular weight is 894 g/mol. The average Bonchev–Trinajstić information content (AvgIpc) is 3.23. The number of hydrogen-bond donors (Lipinski definition) is 0. The number of ether oxygens (including phenoxy) is 2. The molecule has 9 heteroatoms. The van der Waals surface area contributed by atoms with Gasteiger partial charge < -0.3 is 27.9 Å². The van der Waals surface area contributed by atoms with E-state index in [1.807, 2.05) is 21.1 Å². The molecular weight excluding hydrogens is 794 g/mol. The van der Waals surface area contributed by atoms with Gasteiger partial charge in [0.2, 0.25) is 0 Å². The molecule has 0 aromatic heterocycles. The Bertz CT molecular complexity index is 1130. The molecule has 0 amide bonds. The maximum Gasteiger partial charge on any atom is 0.306 e. The maximum atomic E-state index is 12.7. The number of esters is 1. The van der Waals surface area contributed by atoms with Gasteiger partial charge in [0.1, 0.15) is 19.3 Å². The van der Waals surface area contributed by atoms with E-state index in [-0.39, 0.29) is 32.2 Å². The third-order valence-corrected chi connectivity index (χ3v) is 12.1. The maximum absolute atomic E-state index is 12.7. The lowest BCUT2D eigenvalue weighted by Crippen LogP contribution is -2.37. The summed E-state index contributed by atoms with van der Waals surface area (Å²) >= 11 is 0. The minimum Gasteiger partial charge on any atom is -0.756 e. The van der Waals surface area contributed by atoms with Gasteiger partial charge in [-0.1, -0.05) is 217 Å². The van der Waals surface area contributed by atoms with Gasteiger partial charge in [-0.3, -0.25) is 9.36 Å². The SMILES string of the molecule is CC/C=C\C/C=C\C/C=C\C/C=C\CCCCC(=O)OC(COCCCCCCCCCCCCCCCCCCCCCCCCCCC)COP(=O)([O-])OCC[N+](C)(C)C. The van der Waals surface area contributed by atoms with Crippen molar-refractivity contribution >= 4 is 13.8 Å². The van der Waals surface area contributed by atoms with Gasteiger partial charge in [-0.15, -0.1) is 0 Å². The lowest BCUT2D eigenvalue weighted by atomic mass is 10.0. The van der Waals surface area contributed by atoms with Crippen LogP contribution in [0.25, 0.3) is 0 Å². The highest BCUT2D eigenvalue weighted by Crippen LogP contribution is 2.38. The van der Waals surface area contributed by atoms with Crippen LogP contribution in [0.5, 0.6) is 0 Å². The smallest absolute Gasteiger partial charge is 0.306 e. The number of quaternary nitrogens is 1. The van der Waals surface area contributed by atoms with E-state index < -0.39 is 13.9 Å². The molecule has 0 rings (SSSR count). The topological polar surface area (TPSA) is 94.1 Å². The van der Waals surface area contributed by atoms with Crippen LogP contribution in [0.2, 0.25) is 0 Å². The zero-order chi connectivity index (χ0) is 45.5. The molecule has 0 radical (unpaired) electrons. The van der Waals surface area contributed by atoms with Crippen molar-refractivity contribution in [1.29, 1.82) is 0 Å². The molecule has 2 unspecified atom stereocenters. The largest absolute Gasteiger partial charge is 0.756 e. The second kappa shape index (κ2) is 46.0. The molecule has 2 atom stereocenters. The summed E-state index contributed by atoms with van der Waals surface area (Å²) in [4.78, 5) is 25.1. The molecule has 0 fully saturated rings. The second-order valence-corrected chi connectivity index (χ2v) is 19.9. The summed E-state index contributed by atoms with van der Waals surface area (Å²) in [6.07, 6.45) is 57.3. The standard InChI is InChI=1S/C53H100NO7P/c1-6-8-10-12-14-16-18-20-22-23-24-25-26-27-28-29-30-31-33-35-37-39-41-43-45-48-58-50-52(51-60-62(56,57)59-49-47-54(3,4)5)61-53(55)46-44-42-40-38-36-34-32-21-19-17-15-13-11-9-7-2/h9,11,15,17,21,32,36,38,52H,6-8,10,12-14,16,18-20,22-31,33-35,37,39-51H2,1-5H3/b11-9-,17-15-,32-21-,38-36-. The van der Waals surface area contributed by atoms with E-state index in [9.17, 15) is 14.3 Å². The van der Waals surface area contributed by atoms with E-state index in [1.165, 1.54) is 148 Å². The van der Waals surface area contributed by atoms with Crippen LogP contribution < -0.4 is 4.89 Å². The van der Waals surface area contributed by atoms with Crippen LogP contribution in [-0.4, -0.2) is 70.7 Å². The molecule has 0 aromatic rings. The van der Waals surface area contributed by atoms with Crippen molar-refractivity contribution in [2.75, 3.05) is 54.1 Å². The van der Waals surface area contributed by atoms with Crippen molar-refractivity contribution in [2.24, 2.45) is 0 Å². The van der Waals surface area contributed by atoms with Gasteiger partial charge in [0.05, 0.1) is 34.4 Å². The minimum atomic E-state index is -4.54. The zero-order valence-electron chi connectivity index (χ0n) is 41.3. The van der Waals surface area contributed by atoms with E-state index in [2.05, 4.69) is 62.5 Å². The van der Waals surface area contributed by atoms with Crippen LogP contribution in [0, 0.1) is 0 Å². The van der Waals surface area contributed by atoms with Crippen LogP contribution in [0.3, 0.4) is 0 Å². The highest BCUT2D eigenvalue weighted by Gasteiger charge is 2.20. The Morgan fingerprint density at radius 2 is 0.935 bits per heavy atom. The zero-order valence-corrected chi connectivity index (χ0v) is 42.2.